The predicted octanol–water partition coefficient (Wildman–Crippen LogP) is -0.107. The molecule has 0 aliphatic rings. The molecule has 1 heterocycles. The number of carboxylic acids is 1. The van der Waals surface area contributed by atoms with Gasteiger partial charge in [-0.25, -0.2) is 9.48 Å². The molecule has 7 nitrogen and oxygen atoms in total. The van der Waals surface area contributed by atoms with Crippen LogP contribution in [0.15, 0.2) is 6.20 Å². The highest BCUT2D eigenvalue weighted by atomic mass is 16.4. The summed E-state index contributed by atoms with van der Waals surface area (Å²) in [7, 11) is 0. The molecule has 1 aromatic rings. The number of hydrogen-bond acceptors (Lipinski definition) is 4. The van der Waals surface area contributed by atoms with E-state index in [0.717, 1.165) is 23.7 Å². The second-order valence-electron chi connectivity index (χ2n) is 3.29. The Bertz CT molecular complexity index is 375. The monoisotopic (exact) mass is 226 g/mol. The first kappa shape index (κ1) is 12.2. The average Bonchev–Trinajstić information content (AvgIpc) is 2.66. The zero-order chi connectivity index (χ0) is 12.0. The maximum atomic E-state index is 11.4. The lowest BCUT2D eigenvalue weighted by molar-refractivity contribution is -0.121. The minimum absolute atomic E-state index is 0.0920. The summed E-state index contributed by atoms with van der Waals surface area (Å²) < 4.78 is 1.06. The van der Waals surface area contributed by atoms with E-state index in [1.165, 1.54) is 0 Å². The Labute approximate surface area is 92.4 Å². The third kappa shape index (κ3) is 3.34. The van der Waals surface area contributed by atoms with Crippen LogP contribution in [0.2, 0.25) is 0 Å². The summed E-state index contributed by atoms with van der Waals surface area (Å²) in [4.78, 5) is 22.1. The molecule has 88 valence electrons. The molecule has 0 unspecified atom stereocenters. The van der Waals surface area contributed by atoms with E-state index in [4.69, 9.17) is 5.11 Å². The van der Waals surface area contributed by atoms with E-state index in [0.29, 0.717) is 6.54 Å². The normalized spacial score (nSPS) is 10.1. The van der Waals surface area contributed by atoms with Gasteiger partial charge in [0.15, 0.2) is 5.69 Å². The molecule has 1 rings (SSSR count). The molecule has 7 heteroatoms. The van der Waals surface area contributed by atoms with Crippen LogP contribution < -0.4 is 5.32 Å². The SMILES string of the molecule is CCCCNC(=O)Cn1nncc1C(=O)O. The summed E-state index contributed by atoms with van der Waals surface area (Å²) in [6.45, 7) is 2.49. The van der Waals surface area contributed by atoms with Crippen LogP contribution in [0.5, 0.6) is 0 Å². The Morgan fingerprint density at radius 3 is 2.94 bits per heavy atom. The molecule has 0 aliphatic heterocycles. The number of hydrogen-bond donors (Lipinski definition) is 2. The minimum Gasteiger partial charge on any atom is -0.476 e. The first-order valence-corrected chi connectivity index (χ1v) is 5.03. The number of carboxylic acid groups (broad SMARTS) is 1. The lowest BCUT2D eigenvalue weighted by atomic mass is 10.3. The molecule has 0 saturated heterocycles. The number of carbonyl (C=O) groups is 2. The largest absolute Gasteiger partial charge is 0.476 e. The van der Waals surface area contributed by atoms with Crippen LogP contribution in [-0.2, 0) is 11.3 Å². The predicted molar refractivity (Wildman–Crippen MR) is 54.9 cm³/mol. The van der Waals surface area contributed by atoms with Gasteiger partial charge in [-0.2, -0.15) is 0 Å². The Morgan fingerprint density at radius 2 is 2.31 bits per heavy atom. The number of carbonyl (C=O) groups excluding carboxylic acids is 1. The molecule has 0 aromatic carbocycles. The van der Waals surface area contributed by atoms with E-state index in [9.17, 15) is 9.59 Å². The topological polar surface area (TPSA) is 97.1 Å². The fourth-order valence-electron chi connectivity index (χ4n) is 1.14. The Morgan fingerprint density at radius 1 is 1.56 bits per heavy atom. The molecular formula is C9H14N4O3. The number of amides is 1. The van der Waals surface area contributed by atoms with Crippen LogP contribution in [0, 0.1) is 0 Å². The summed E-state index contributed by atoms with van der Waals surface area (Å²) in [5, 5.41) is 18.4. The third-order valence-electron chi connectivity index (χ3n) is 1.98. The molecule has 2 N–H and O–H groups in total. The van der Waals surface area contributed by atoms with Gasteiger partial charge in [0.1, 0.15) is 6.54 Å². The van der Waals surface area contributed by atoms with Gasteiger partial charge in [-0.3, -0.25) is 4.79 Å². The second kappa shape index (κ2) is 5.84. The van der Waals surface area contributed by atoms with Gasteiger partial charge < -0.3 is 10.4 Å². The quantitative estimate of drug-likeness (QED) is 0.660. The Kier molecular flexibility index (Phi) is 4.43. The molecule has 16 heavy (non-hydrogen) atoms. The summed E-state index contributed by atoms with van der Waals surface area (Å²) >= 11 is 0. The molecule has 0 aliphatic carbocycles. The maximum absolute atomic E-state index is 11.4. The van der Waals surface area contributed by atoms with E-state index in [-0.39, 0.29) is 18.1 Å². The smallest absolute Gasteiger partial charge is 0.355 e. The zero-order valence-corrected chi connectivity index (χ0v) is 9.01. The van der Waals surface area contributed by atoms with E-state index in [1.807, 2.05) is 6.92 Å². The lowest BCUT2D eigenvalue weighted by Gasteiger charge is -2.04. The van der Waals surface area contributed by atoms with Gasteiger partial charge in [-0.15, -0.1) is 5.10 Å². The average molecular weight is 226 g/mol. The molecule has 1 amide bonds. The molecule has 0 fully saturated rings. The van der Waals surface area contributed by atoms with Crippen molar-refractivity contribution >= 4 is 11.9 Å². The molecular weight excluding hydrogens is 212 g/mol. The third-order valence-corrected chi connectivity index (χ3v) is 1.98. The summed E-state index contributed by atoms with van der Waals surface area (Å²) in [5.74, 6) is -1.41. The van der Waals surface area contributed by atoms with Crippen LogP contribution in [0.3, 0.4) is 0 Å². The maximum Gasteiger partial charge on any atom is 0.355 e. The van der Waals surface area contributed by atoms with Crippen molar-refractivity contribution in [3.8, 4) is 0 Å². The number of rotatable bonds is 6. The van der Waals surface area contributed by atoms with Crippen molar-refractivity contribution in [3.63, 3.8) is 0 Å². The van der Waals surface area contributed by atoms with Crippen molar-refractivity contribution in [1.82, 2.24) is 20.3 Å². The molecule has 0 spiro atoms. The van der Waals surface area contributed by atoms with Crippen LogP contribution in [-0.4, -0.2) is 38.5 Å². The van der Waals surface area contributed by atoms with E-state index < -0.39 is 5.97 Å². The van der Waals surface area contributed by atoms with Crippen LogP contribution in [0.1, 0.15) is 30.3 Å². The Hall–Kier alpha value is -1.92. The summed E-state index contributed by atoms with van der Waals surface area (Å²) in [6.07, 6.45) is 3.00. The fraction of sp³-hybridized carbons (Fsp3) is 0.556. The van der Waals surface area contributed by atoms with Crippen LogP contribution in [0.25, 0.3) is 0 Å². The van der Waals surface area contributed by atoms with E-state index >= 15 is 0 Å². The van der Waals surface area contributed by atoms with Crippen molar-refractivity contribution in [2.45, 2.75) is 26.3 Å². The van der Waals surface area contributed by atoms with Crippen LogP contribution >= 0.6 is 0 Å². The van der Waals surface area contributed by atoms with E-state index in [1.54, 1.807) is 0 Å². The number of nitrogens with zero attached hydrogens (tertiary/aromatic N) is 3. The lowest BCUT2D eigenvalue weighted by Crippen LogP contribution is -2.29. The van der Waals surface area contributed by atoms with E-state index in [2.05, 4.69) is 15.6 Å². The molecule has 1 aromatic heterocycles. The van der Waals surface area contributed by atoms with Crippen molar-refractivity contribution in [2.75, 3.05) is 6.54 Å². The van der Waals surface area contributed by atoms with Gasteiger partial charge in [0, 0.05) is 6.54 Å². The number of aromatic nitrogens is 3. The molecule has 0 saturated carbocycles. The highest BCUT2D eigenvalue weighted by molar-refractivity contribution is 5.86. The fourth-order valence-corrected chi connectivity index (χ4v) is 1.14. The second-order valence-corrected chi connectivity index (χ2v) is 3.29. The van der Waals surface area contributed by atoms with Gasteiger partial charge in [0.2, 0.25) is 5.91 Å². The summed E-state index contributed by atoms with van der Waals surface area (Å²) in [6, 6.07) is 0. The van der Waals surface area contributed by atoms with Crippen LogP contribution in [0.4, 0.5) is 0 Å². The highest BCUT2D eigenvalue weighted by Gasteiger charge is 2.13. The number of aromatic carboxylic acids is 1. The minimum atomic E-state index is -1.15. The molecule has 0 atom stereocenters. The van der Waals surface area contributed by atoms with Crippen molar-refractivity contribution in [1.29, 1.82) is 0 Å². The summed E-state index contributed by atoms with van der Waals surface area (Å²) in [5.41, 5.74) is -0.0920. The zero-order valence-electron chi connectivity index (χ0n) is 9.01. The standard InChI is InChI=1S/C9H14N4O3/c1-2-3-4-10-8(14)6-13-7(9(15)16)5-11-12-13/h5H,2-4,6H2,1H3,(H,10,14)(H,15,16). The van der Waals surface area contributed by atoms with Crippen molar-refractivity contribution in [2.24, 2.45) is 0 Å². The van der Waals surface area contributed by atoms with Gasteiger partial charge in [0.25, 0.3) is 0 Å². The molecule has 0 bridgehead atoms. The van der Waals surface area contributed by atoms with Crippen molar-refractivity contribution < 1.29 is 14.7 Å². The first-order valence-electron chi connectivity index (χ1n) is 5.03. The Balaban J connectivity index is 2.49. The van der Waals surface area contributed by atoms with Gasteiger partial charge in [-0.05, 0) is 6.42 Å². The number of unbranched alkanes of at least 4 members (excludes halogenated alkanes) is 1. The van der Waals surface area contributed by atoms with Gasteiger partial charge in [0.05, 0.1) is 6.20 Å². The molecule has 0 radical (unpaired) electrons. The highest BCUT2D eigenvalue weighted by Crippen LogP contribution is 1.95. The van der Waals surface area contributed by atoms with Crippen molar-refractivity contribution in [3.05, 3.63) is 11.9 Å². The number of nitrogens with one attached hydrogen (secondary N) is 1. The first-order chi connectivity index (χ1) is 7.65. The van der Waals surface area contributed by atoms with Gasteiger partial charge in [-0.1, -0.05) is 18.6 Å². The van der Waals surface area contributed by atoms with Gasteiger partial charge >= 0.3 is 5.97 Å².